The molecule has 0 amide bonds. The Kier molecular flexibility index (Phi) is 9.49. The van der Waals surface area contributed by atoms with Crippen LogP contribution in [-0.2, 0) is 23.4 Å². The first-order valence-corrected chi connectivity index (χ1v) is 14.4. The molecule has 1 aliphatic heterocycles. The van der Waals surface area contributed by atoms with Gasteiger partial charge < -0.3 is 24.2 Å². The van der Waals surface area contributed by atoms with Crippen molar-refractivity contribution in [3.63, 3.8) is 0 Å². The molecule has 0 aliphatic carbocycles. The van der Waals surface area contributed by atoms with E-state index in [4.69, 9.17) is 18.5 Å². The van der Waals surface area contributed by atoms with Gasteiger partial charge >= 0.3 is 19.4 Å². The summed E-state index contributed by atoms with van der Waals surface area (Å²) in [5.41, 5.74) is -5.91. The molecule has 1 aromatic heterocycles. The first kappa shape index (κ1) is 32.4. The number of carbonyl (C=O) groups excluding carboxylic acids is 1. The molecule has 0 saturated carbocycles. The molecule has 4 rings (SSSR count). The number of alkyl halides is 2. The molecular weight excluding hydrogens is 602 g/mol. The summed E-state index contributed by atoms with van der Waals surface area (Å²) in [6.07, 6.45) is -10.8. The summed E-state index contributed by atoms with van der Waals surface area (Å²) in [7, 11) is -4.83. The predicted octanol–water partition coefficient (Wildman–Crippen LogP) is 2.22. The third kappa shape index (κ3) is 6.69. The minimum absolute atomic E-state index is 0.0227. The lowest BCUT2D eigenvalue weighted by Crippen LogP contribution is -2.53. The molecule has 2 aromatic carbocycles. The molecule has 4 N–H and O–H groups in total. The summed E-state index contributed by atoms with van der Waals surface area (Å²) in [6.45, 7) is 2.97. The highest BCUT2D eigenvalue weighted by Gasteiger charge is 2.61. The average molecular weight is 631 g/mol. The van der Waals surface area contributed by atoms with Crippen LogP contribution in [0.4, 0.5) is 13.2 Å². The van der Waals surface area contributed by atoms with Crippen molar-refractivity contribution in [1.29, 1.82) is 0 Å². The number of aromatic nitrogens is 2. The second-order valence-corrected chi connectivity index (χ2v) is 11.7. The van der Waals surface area contributed by atoms with Crippen molar-refractivity contribution in [2.75, 3.05) is 6.61 Å². The average Bonchev–Trinajstić information content (AvgIpc) is 3.20. The van der Waals surface area contributed by atoms with E-state index in [-0.39, 0.29) is 10.3 Å². The van der Waals surface area contributed by atoms with Crippen LogP contribution in [0.5, 0.6) is 5.75 Å². The van der Waals surface area contributed by atoms with Crippen LogP contribution in [-0.4, -0.2) is 68.7 Å². The topological polar surface area (TPSA) is 178 Å². The number of hydrogen-bond acceptors (Lipinski definition) is 10. The third-order valence-electron chi connectivity index (χ3n) is 6.51. The summed E-state index contributed by atoms with van der Waals surface area (Å²) in [6, 6.07) is 10.1. The molecule has 6 atom stereocenters. The number of carbonyl (C=O) groups is 1. The number of halogens is 3. The van der Waals surface area contributed by atoms with Crippen LogP contribution in [0, 0.1) is 5.82 Å². The maximum absolute atomic E-state index is 14.6. The molecule has 0 radical (unpaired) electrons. The Bertz CT molecular complexity index is 1650. The molecule has 1 unspecified atom stereocenters. The molecule has 43 heavy (non-hydrogen) atoms. The Balaban J connectivity index is 1.69. The molecule has 0 spiro atoms. The van der Waals surface area contributed by atoms with Crippen LogP contribution < -0.4 is 20.9 Å². The van der Waals surface area contributed by atoms with Gasteiger partial charge in [0.25, 0.3) is 12.0 Å². The molecule has 17 heteroatoms. The summed E-state index contributed by atoms with van der Waals surface area (Å²) in [5.74, 6) is -2.41. The zero-order chi connectivity index (χ0) is 31.7. The van der Waals surface area contributed by atoms with Crippen LogP contribution in [0.15, 0.2) is 58.3 Å². The van der Waals surface area contributed by atoms with Gasteiger partial charge in [-0.15, -0.1) is 0 Å². The predicted molar refractivity (Wildman–Crippen MR) is 144 cm³/mol. The Hall–Kier alpha value is -3.53. The molecule has 1 aliphatic rings. The molecule has 13 nitrogen and oxygen atoms in total. The van der Waals surface area contributed by atoms with Crippen LogP contribution >= 0.6 is 7.75 Å². The van der Waals surface area contributed by atoms with E-state index in [1.165, 1.54) is 13.0 Å². The van der Waals surface area contributed by atoms with E-state index >= 15 is 0 Å². The number of rotatable bonds is 11. The van der Waals surface area contributed by atoms with Gasteiger partial charge in [-0.3, -0.25) is 23.7 Å². The van der Waals surface area contributed by atoms with Gasteiger partial charge in [0, 0.05) is 5.39 Å². The number of aliphatic hydroxyl groups is 2. The first-order valence-electron chi connectivity index (χ1n) is 12.9. The van der Waals surface area contributed by atoms with Crippen molar-refractivity contribution in [2.45, 2.75) is 63.4 Å². The fraction of sp³-hybridized carbons (Fsp3) is 0.423. The van der Waals surface area contributed by atoms with Crippen LogP contribution in [0.1, 0.15) is 27.0 Å². The molecule has 0 bridgehead atoms. The highest BCUT2D eigenvalue weighted by atomic mass is 31.2. The summed E-state index contributed by atoms with van der Waals surface area (Å²) >= 11 is 0. The van der Waals surface area contributed by atoms with Crippen molar-refractivity contribution in [3.8, 4) is 5.75 Å². The Morgan fingerprint density at radius 1 is 1.16 bits per heavy atom. The monoisotopic (exact) mass is 631 g/mol. The third-order valence-corrected chi connectivity index (χ3v) is 8.12. The highest BCUT2D eigenvalue weighted by molar-refractivity contribution is 7.52. The number of aromatic amines is 1. The van der Waals surface area contributed by atoms with Crippen LogP contribution in [0.2, 0.25) is 0 Å². The normalized spacial score (nSPS) is 24.3. The number of aliphatic hydroxyl groups excluding tert-OH is 2. The standard InChI is InChI=1S/C26H29F3N3O10P/c1-13(2)40-23(36)14(3)31-43(38,42-18-10-6-8-15-7-4-5-9-16(15)18)39-12-26(24(28)29)20(34)19(33)22(41-26)32-11-17(27)21(35)30-25(32)37/h4-11,13-14,19-20,22,24,33-34H,12H2,1-3H3,(H,31,38)(H,30,35,37)/t14-,19-,20-,22+,26+,43?/m0/s1. The second-order valence-electron chi connectivity index (χ2n) is 10.0. The minimum Gasteiger partial charge on any atom is -0.462 e. The quantitative estimate of drug-likeness (QED) is 0.180. The van der Waals surface area contributed by atoms with Gasteiger partial charge in [-0.1, -0.05) is 36.4 Å². The first-order chi connectivity index (χ1) is 20.2. The van der Waals surface area contributed by atoms with E-state index in [9.17, 15) is 42.3 Å². The number of benzene rings is 2. The summed E-state index contributed by atoms with van der Waals surface area (Å²) < 4.78 is 78.7. The van der Waals surface area contributed by atoms with Gasteiger partial charge in [-0.25, -0.2) is 18.1 Å². The Morgan fingerprint density at radius 2 is 1.84 bits per heavy atom. The number of ether oxygens (including phenoxy) is 2. The fourth-order valence-electron chi connectivity index (χ4n) is 4.35. The highest BCUT2D eigenvalue weighted by Crippen LogP contribution is 2.50. The van der Waals surface area contributed by atoms with Gasteiger partial charge in [0.2, 0.25) is 5.82 Å². The SMILES string of the molecule is CC(C)OC(=O)[C@H](C)NP(=O)(OC[C@@]1(C(F)F)O[C@@H](n2cc(F)c(=O)[nH]c2=O)[C@@H](O)[C@@H]1O)Oc1cccc2ccccc12. The van der Waals surface area contributed by atoms with Gasteiger partial charge in [0.05, 0.1) is 18.9 Å². The number of nitrogens with zero attached hydrogens (tertiary/aromatic N) is 1. The van der Waals surface area contributed by atoms with E-state index in [1.54, 1.807) is 55.2 Å². The van der Waals surface area contributed by atoms with Crippen molar-refractivity contribution in [1.82, 2.24) is 14.6 Å². The van der Waals surface area contributed by atoms with E-state index in [2.05, 4.69) is 5.09 Å². The Labute approximate surface area is 241 Å². The van der Waals surface area contributed by atoms with Crippen LogP contribution in [0.3, 0.4) is 0 Å². The second kappa shape index (κ2) is 12.6. The van der Waals surface area contributed by atoms with Crippen molar-refractivity contribution in [3.05, 3.63) is 75.3 Å². The van der Waals surface area contributed by atoms with E-state index in [1.807, 2.05) is 0 Å². The fourth-order valence-corrected chi connectivity index (χ4v) is 5.90. The molecule has 234 valence electrons. The summed E-state index contributed by atoms with van der Waals surface area (Å²) in [4.78, 5) is 37.7. The Morgan fingerprint density at radius 3 is 2.51 bits per heavy atom. The van der Waals surface area contributed by atoms with Crippen molar-refractivity contribution < 1.29 is 51.3 Å². The van der Waals surface area contributed by atoms with E-state index < -0.39 is 80.0 Å². The van der Waals surface area contributed by atoms with E-state index in [0.29, 0.717) is 17.0 Å². The zero-order valence-electron chi connectivity index (χ0n) is 23.0. The smallest absolute Gasteiger partial charge is 0.459 e. The number of esters is 1. The lowest BCUT2D eigenvalue weighted by molar-refractivity contribution is -0.193. The maximum atomic E-state index is 14.6. The largest absolute Gasteiger partial charge is 0.462 e. The summed E-state index contributed by atoms with van der Waals surface area (Å²) in [5, 5.41) is 24.7. The lowest BCUT2D eigenvalue weighted by Gasteiger charge is -2.32. The molecule has 1 fully saturated rings. The zero-order valence-corrected chi connectivity index (χ0v) is 23.9. The van der Waals surface area contributed by atoms with Gasteiger partial charge in [0.1, 0.15) is 24.0 Å². The van der Waals surface area contributed by atoms with Gasteiger partial charge in [-0.2, -0.15) is 9.48 Å². The molecule has 1 saturated heterocycles. The molecular formula is C26H29F3N3O10P. The number of nitrogens with one attached hydrogen (secondary N) is 2. The van der Waals surface area contributed by atoms with Gasteiger partial charge in [0.15, 0.2) is 11.8 Å². The molecule has 3 aromatic rings. The maximum Gasteiger partial charge on any atom is 0.459 e. The van der Waals surface area contributed by atoms with Gasteiger partial charge in [-0.05, 0) is 32.2 Å². The van der Waals surface area contributed by atoms with Crippen LogP contribution in [0.25, 0.3) is 10.8 Å². The lowest BCUT2D eigenvalue weighted by atomic mass is 9.96. The van der Waals surface area contributed by atoms with Crippen molar-refractivity contribution >= 4 is 24.5 Å². The van der Waals surface area contributed by atoms with Crippen molar-refractivity contribution in [2.24, 2.45) is 0 Å². The molecule has 2 heterocycles. The van der Waals surface area contributed by atoms with E-state index in [0.717, 1.165) is 0 Å². The minimum atomic E-state index is -4.83. The number of hydrogen-bond donors (Lipinski definition) is 4. The number of H-pyrrole nitrogens is 1. The number of fused-ring (bicyclic) bond motifs is 1.